The van der Waals surface area contributed by atoms with E-state index in [1.165, 1.54) is 12.1 Å². The van der Waals surface area contributed by atoms with E-state index < -0.39 is 16.6 Å². The molecule has 0 unspecified atom stereocenters. The van der Waals surface area contributed by atoms with Crippen LogP contribution in [0.2, 0.25) is 12.6 Å². The van der Waals surface area contributed by atoms with Crippen molar-refractivity contribution in [1.29, 1.82) is 5.26 Å². The number of carboxylic acid groups (broad SMARTS) is 1. The summed E-state index contributed by atoms with van der Waals surface area (Å²) in [6.07, 6.45) is 1.44. The third-order valence-corrected chi connectivity index (χ3v) is 3.45. The maximum Gasteiger partial charge on any atom is 0.342 e. The van der Waals surface area contributed by atoms with Gasteiger partial charge in [-0.25, -0.2) is 10.1 Å². The highest BCUT2D eigenvalue weighted by atomic mass is 16.6. The van der Waals surface area contributed by atoms with Gasteiger partial charge in [0.05, 0.1) is 4.92 Å². The van der Waals surface area contributed by atoms with Crippen LogP contribution in [0.4, 0.5) is 11.4 Å². The van der Waals surface area contributed by atoms with Crippen LogP contribution >= 0.6 is 0 Å². The second-order valence-electron chi connectivity index (χ2n) is 4.65. The summed E-state index contributed by atoms with van der Waals surface area (Å²) in [4.78, 5) is 23.1. The summed E-state index contributed by atoms with van der Waals surface area (Å²) in [7, 11) is 0. The molecule has 0 aromatic heterocycles. The van der Waals surface area contributed by atoms with E-state index in [4.69, 9.17) is 10.4 Å². The number of nitriles is 1. The van der Waals surface area contributed by atoms with E-state index in [1.807, 2.05) is 4.90 Å². The van der Waals surface area contributed by atoms with Gasteiger partial charge in [0.15, 0.2) is 0 Å². The first kappa shape index (κ1) is 13.9. The highest BCUT2D eigenvalue weighted by molar-refractivity contribution is 6.67. The van der Waals surface area contributed by atoms with Crippen LogP contribution in [0.25, 0.3) is 0 Å². The lowest BCUT2D eigenvalue weighted by Crippen LogP contribution is -2.36. The van der Waals surface area contributed by atoms with Crippen LogP contribution in [0.15, 0.2) is 18.2 Å². The van der Waals surface area contributed by atoms with Crippen LogP contribution in [0.5, 0.6) is 0 Å². The number of anilines is 1. The number of benzene rings is 1. The zero-order valence-electron chi connectivity index (χ0n) is 10.7. The first-order chi connectivity index (χ1) is 9.52. The smallest absolute Gasteiger partial charge is 0.342 e. The van der Waals surface area contributed by atoms with Gasteiger partial charge in [0.25, 0.3) is 12.4 Å². The van der Waals surface area contributed by atoms with Crippen molar-refractivity contribution in [3.05, 3.63) is 33.9 Å². The van der Waals surface area contributed by atoms with E-state index in [0.29, 0.717) is 18.8 Å². The van der Waals surface area contributed by atoms with Crippen LogP contribution in [0, 0.1) is 21.3 Å². The first-order valence-electron chi connectivity index (χ1n) is 6.19. The monoisotopic (exact) mass is 273 g/mol. The molecule has 1 saturated heterocycles. The van der Waals surface area contributed by atoms with E-state index in [0.717, 1.165) is 12.6 Å². The molecule has 1 aliphatic rings. The maximum absolute atomic E-state index is 11.1. The lowest BCUT2D eigenvalue weighted by molar-refractivity contribution is -0.385. The van der Waals surface area contributed by atoms with Crippen LogP contribution < -0.4 is 4.90 Å². The second-order valence-corrected chi connectivity index (χ2v) is 4.65. The third kappa shape index (κ3) is 2.72. The van der Waals surface area contributed by atoms with Gasteiger partial charge in [0.1, 0.15) is 5.56 Å². The number of aromatic carboxylic acids is 1. The number of nitrogens with zero attached hydrogens (tertiary/aromatic N) is 3. The SMILES string of the molecule is N#CB1CCN(c2ccc([N+](=O)[O-])c(C(=O)O)c2)CC1. The molecule has 8 heteroatoms. The van der Waals surface area contributed by atoms with Gasteiger partial charge >= 0.3 is 5.97 Å². The fraction of sp³-hybridized carbons (Fsp3) is 0.333. The van der Waals surface area contributed by atoms with E-state index in [1.54, 1.807) is 6.07 Å². The standard InChI is InChI=1S/C12H12BN3O4/c14-8-13-3-5-15(6-4-13)9-1-2-11(16(19)20)10(7-9)12(17)18/h1-2,7H,3-6H2,(H,17,18). The van der Waals surface area contributed by atoms with Gasteiger partial charge in [-0.1, -0.05) is 0 Å². The number of hydrogen-bond acceptors (Lipinski definition) is 5. The number of carbonyl (C=O) groups is 1. The minimum atomic E-state index is -1.31. The average molecular weight is 273 g/mol. The average Bonchev–Trinajstić information content (AvgIpc) is 2.46. The zero-order valence-corrected chi connectivity index (χ0v) is 10.7. The molecule has 7 nitrogen and oxygen atoms in total. The Kier molecular flexibility index (Phi) is 3.89. The summed E-state index contributed by atoms with van der Waals surface area (Å²) in [5.74, 6) is 0.905. The van der Waals surface area contributed by atoms with Crippen molar-refractivity contribution < 1.29 is 14.8 Å². The highest BCUT2D eigenvalue weighted by Crippen LogP contribution is 2.27. The van der Waals surface area contributed by atoms with Crippen LogP contribution in [0.3, 0.4) is 0 Å². The molecule has 2 rings (SSSR count). The summed E-state index contributed by atoms with van der Waals surface area (Å²) >= 11 is 0. The molecule has 1 aromatic rings. The topological polar surface area (TPSA) is 107 Å². The lowest BCUT2D eigenvalue weighted by Gasteiger charge is -2.30. The van der Waals surface area contributed by atoms with Gasteiger partial charge in [-0.05, 0) is 24.8 Å². The minimum absolute atomic E-state index is 0.0308. The van der Waals surface area contributed by atoms with E-state index in [2.05, 4.69) is 5.97 Å². The number of rotatable bonds is 3. The minimum Gasteiger partial charge on any atom is -0.477 e. The molecule has 1 heterocycles. The first-order valence-corrected chi connectivity index (χ1v) is 6.19. The number of carboxylic acids is 1. The largest absolute Gasteiger partial charge is 0.477 e. The molecule has 1 fully saturated rings. The quantitative estimate of drug-likeness (QED) is 0.509. The van der Waals surface area contributed by atoms with Crippen molar-refractivity contribution >= 4 is 24.1 Å². The molecule has 1 N–H and O–H groups in total. The van der Waals surface area contributed by atoms with E-state index in [9.17, 15) is 14.9 Å². The summed E-state index contributed by atoms with van der Waals surface area (Å²) < 4.78 is 0. The lowest BCUT2D eigenvalue weighted by atomic mass is 9.45. The molecule has 102 valence electrons. The molecule has 0 spiro atoms. The van der Waals surface area contributed by atoms with Crippen molar-refractivity contribution in [3.63, 3.8) is 0 Å². The normalized spacial score (nSPS) is 14.8. The molecule has 0 saturated carbocycles. The van der Waals surface area contributed by atoms with Gasteiger partial charge < -0.3 is 10.0 Å². The van der Waals surface area contributed by atoms with E-state index in [-0.39, 0.29) is 12.3 Å². The van der Waals surface area contributed by atoms with Crippen molar-refractivity contribution in [2.75, 3.05) is 18.0 Å². The van der Waals surface area contributed by atoms with Gasteiger partial charge in [-0.2, -0.15) is 0 Å². The zero-order chi connectivity index (χ0) is 14.7. The van der Waals surface area contributed by atoms with Crippen molar-refractivity contribution in [2.45, 2.75) is 12.6 Å². The molecule has 0 aliphatic carbocycles. The van der Waals surface area contributed by atoms with Crippen LogP contribution in [-0.2, 0) is 0 Å². The number of nitro benzene ring substituents is 1. The summed E-state index contributed by atoms with van der Waals surface area (Å²) in [5, 5.41) is 28.7. The predicted octanol–water partition coefficient (Wildman–Crippen LogP) is 1.67. The number of hydrogen-bond donors (Lipinski definition) is 1. The Morgan fingerprint density at radius 3 is 2.60 bits per heavy atom. The Morgan fingerprint density at radius 1 is 1.45 bits per heavy atom. The van der Waals surface area contributed by atoms with Gasteiger partial charge in [0.2, 0.25) is 0 Å². The van der Waals surface area contributed by atoms with Gasteiger partial charge in [-0.15, -0.1) is 0 Å². The van der Waals surface area contributed by atoms with Crippen molar-refractivity contribution in [3.8, 4) is 5.97 Å². The van der Waals surface area contributed by atoms with Crippen LogP contribution in [0.1, 0.15) is 10.4 Å². The molecule has 1 aromatic carbocycles. The second kappa shape index (κ2) is 5.61. The molecular formula is C12H12BN3O4. The van der Waals surface area contributed by atoms with Gasteiger partial charge in [0, 0.05) is 30.8 Å². The molecule has 0 atom stereocenters. The fourth-order valence-corrected chi connectivity index (χ4v) is 2.32. The Morgan fingerprint density at radius 2 is 2.10 bits per heavy atom. The summed E-state index contributed by atoms with van der Waals surface area (Å²) in [5.41, 5.74) is -0.0764. The summed E-state index contributed by atoms with van der Waals surface area (Å²) in [6, 6.07) is 4.10. The Balaban J connectivity index is 2.26. The fourth-order valence-electron chi connectivity index (χ4n) is 2.32. The molecular weight excluding hydrogens is 261 g/mol. The third-order valence-electron chi connectivity index (χ3n) is 3.45. The molecule has 0 amide bonds. The molecule has 20 heavy (non-hydrogen) atoms. The highest BCUT2D eigenvalue weighted by Gasteiger charge is 2.25. The molecule has 0 bridgehead atoms. The molecule has 1 aliphatic heterocycles. The van der Waals surface area contributed by atoms with E-state index >= 15 is 0 Å². The van der Waals surface area contributed by atoms with Crippen molar-refractivity contribution in [1.82, 2.24) is 0 Å². The molecule has 0 radical (unpaired) electrons. The Bertz CT molecular complexity index is 591. The number of nitro groups is 1. The Hall–Kier alpha value is -2.56. The summed E-state index contributed by atoms with van der Waals surface area (Å²) in [6.45, 7) is 1.33. The van der Waals surface area contributed by atoms with Gasteiger partial charge in [-0.3, -0.25) is 10.1 Å². The maximum atomic E-state index is 11.1. The Labute approximate surface area is 115 Å². The predicted molar refractivity (Wildman–Crippen MR) is 73.2 cm³/mol. The van der Waals surface area contributed by atoms with Crippen molar-refractivity contribution in [2.24, 2.45) is 0 Å². The van der Waals surface area contributed by atoms with Crippen LogP contribution in [-0.4, -0.2) is 35.8 Å².